The van der Waals surface area contributed by atoms with Gasteiger partial charge >= 0.3 is 6.03 Å². The first-order valence-electron chi connectivity index (χ1n) is 8.81. The molecule has 0 radical (unpaired) electrons. The van der Waals surface area contributed by atoms with Crippen LogP contribution in [-0.2, 0) is 11.3 Å². The molecule has 126 valence electrons. The minimum Gasteiger partial charge on any atom is -0.366 e. The van der Waals surface area contributed by atoms with Crippen LogP contribution in [0.1, 0.15) is 44.5 Å². The van der Waals surface area contributed by atoms with E-state index in [0.717, 1.165) is 12.4 Å². The molecule has 2 amide bonds. The van der Waals surface area contributed by atoms with Gasteiger partial charge in [-0.1, -0.05) is 0 Å². The van der Waals surface area contributed by atoms with E-state index in [4.69, 9.17) is 4.74 Å². The van der Waals surface area contributed by atoms with Gasteiger partial charge in [0.15, 0.2) is 5.82 Å². The average molecular weight is 319 g/mol. The fourth-order valence-electron chi connectivity index (χ4n) is 3.51. The summed E-state index contributed by atoms with van der Waals surface area (Å²) in [5, 5.41) is 11.4. The van der Waals surface area contributed by atoms with Gasteiger partial charge in [-0.15, -0.1) is 10.2 Å². The molecule has 1 N–H and O–H groups in total. The molecule has 7 heteroatoms. The molecule has 1 aliphatic heterocycles. The lowest BCUT2D eigenvalue weighted by atomic mass is 10.1. The van der Waals surface area contributed by atoms with E-state index in [1.54, 1.807) is 6.33 Å². The first-order valence-corrected chi connectivity index (χ1v) is 8.81. The third kappa shape index (κ3) is 3.20. The lowest BCUT2D eigenvalue weighted by molar-refractivity contribution is -0.0222. The Hall–Kier alpha value is -1.63. The number of rotatable bonds is 5. The van der Waals surface area contributed by atoms with Gasteiger partial charge in [0.25, 0.3) is 0 Å². The number of hydrogen-bond acceptors (Lipinski definition) is 4. The van der Waals surface area contributed by atoms with Gasteiger partial charge in [-0.25, -0.2) is 4.79 Å². The van der Waals surface area contributed by atoms with Crippen LogP contribution in [0, 0.1) is 11.8 Å². The van der Waals surface area contributed by atoms with E-state index in [2.05, 4.69) is 22.4 Å². The Kier molecular flexibility index (Phi) is 3.97. The maximum absolute atomic E-state index is 12.7. The minimum absolute atomic E-state index is 0.0599. The molecular weight excluding hydrogens is 294 g/mol. The molecule has 3 aliphatic rings. The molecule has 0 unspecified atom stereocenters. The number of carbonyl (C=O) groups excluding carboxylic acids is 1. The summed E-state index contributed by atoms with van der Waals surface area (Å²) in [5.41, 5.74) is 0. The highest BCUT2D eigenvalue weighted by Gasteiger charge is 2.43. The quantitative estimate of drug-likeness (QED) is 0.894. The zero-order valence-electron chi connectivity index (χ0n) is 13.6. The van der Waals surface area contributed by atoms with Crippen LogP contribution in [0.2, 0.25) is 0 Å². The number of amides is 2. The second-order valence-corrected chi connectivity index (χ2v) is 6.93. The maximum atomic E-state index is 12.7. The summed E-state index contributed by atoms with van der Waals surface area (Å²) in [5.74, 6) is 2.24. The summed E-state index contributed by atoms with van der Waals surface area (Å²) in [6, 6.07) is 0.452. The molecular formula is C16H25N5O2. The summed E-state index contributed by atoms with van der Waals surface area (Å²) in [6.07, 6.45) is 6.62. The van der Waals surface area contributed by atoms with E-state index < -0.39 is 0 Å². The molecule has 2 saturated carbocycles. The van der Waals surface area contributed by atoms with E-state index in [-0.39, 0.29) is 12.1 Å². The van der Waals surface area contributed by atoms with Crippen molar-refractivity contribution in [2.75, 3.05) is 19.7 Å². The highest BCUT2D eigenvalue weighted by molar-refractivity contribution is 5.74. The fraction of sp³-hybridized carbons (Fsp3) is 0.812. The van der Waals surface area contributed by atoms with Crippen molar-refractivity contribution in [3.8, 4) is 0 Å². The number of aromatic nitrogens is 3. The molecule has 1 atom stereocenters. The third-order valence-electron chi connectivity index (χ3n) is 5.18. The zero-order chi connectivity index (χ0) is 15.8. The van der Waals surface area contributed by atoms with Crippen molar-refractivity contribution in [2.45, 2.75) is 51.3 Å². The van der Waals surface area contributed by atoms with Gasteiger partial charge < -0.3 is 19.5 Å². The van der Waals surface area contributed by atoms with Crippen LogP contribution in [-0.4, -0.2) is 51.4 Å². The molecule has 1 saturated heterocycles. The van der Waals surface area contributed by atoms with Gasteiger partial charge in [-0.05, 0) is 44.4 Å². The largest absolute Gasteiger partial charge is 0.366 e. The lowest BCUT2D eigenvalue weighted by Crippen LogP contribution is -2.51. The van der Waals surface area contributed by atoms with Crippen LogP contribution in [0.15, 0.2) is 6.33 Å². The first-order chi connectivity index (χ1) is 11.3. The second-order valence-electron chi connectivity index (χ2n) is 6.93. The molecule has 2 aliphatic carbocycles. The number of morpholine rings is 1. The number of hydrogen-bond donors (Lipinski definition) is 1. The molecule has 0 spiro atoms. The molecule has 3 fully saturated rings. The SMILES string of the molecule is CCn1cnnc1[C@@H]1CN(C(=O)NC(C2CC2)C2CC2)CCO1. The monoisotopic (exact) mass is 319 g/mol. The van der Waals surface area contributed by atoms with Crippen LogP contribution in [0.25, 0.3) is 0 Å². The first kappa shape index (κ1) is 14.9. The lowest BCUT2D eigenvalue weighted by Gasteiger charge is -2.33. The van der Waals surface area contributed by atoms with Crippen LogP contribution >= 0.6 is 0 Å². The molecule has 1 aromatic rings. The second kappa shape index (κ2) is 6.11. The normalized spacial score (nSPS) is 25.0. The van der Waals surface area contributed by atoms with E-state index in [9.17, 15) is 4.79 Å². The highest BCUT2D eigenvalue weighted by Crippen LogP contribution is 2.44. The Balaban J connectivity index is 1.39. The van der Waals surface area contributed by atoms with Crippen molar-refractivity contribution < 1.29 is 9.53 Å². The van der Waals surface area contributed by atoms with Crippen molar-refractivity contribution in [1.29, 1.82) is 0 Å². The minimum atomic E-state index is -0.183. The Morgan fingerprint density at radius 1 is 1.39 bits per heavy atom. The predicted molar refractivity (Wildman–Crippen MR) is 83.7 cm³/mol. The van der Waals surface area contributed by atoms with Crippen LogP contribution < -0.4 is 5.32 Å². The number of nitrogens with one attached hydrogen (secondary N) is 1. The Bertz CT molecular complexity index is 555. The van der Waals surface area contributed by atoms with Gasteiger partial charge in [0.2, 0.25) is 0 Å². The summed E-state index contributed by atoms with van der Waals surface area (Å²) in [6.45, 7) is 4.60. The zero-order valence-corrected chi connectivity index (χ0v) is 13.6. The van der Waals surface area contributed by atoms with Gasteiger partial charge in [-0.2, -0.15) is 0 Å². The molecule has 1 aromatic heterocycles. The number of nitrogens with zero attached hydrogens (tertiary/aromatic N) is 4. The van der Waals surface area contributed by atoms with E-state index >= 15 is 0 Å². The van der Waals surface area contributed by atoms with Gasteiger partial charge in [0.1, 0.15) is 12.4 Å². The Morgan fingerprint density at radius 2 is 2.13 bits per heavy atom. The molecule has 23 heavy (non-hydrogen) atoms. The number of urea groups is 1. The summed E-state index contributed by atoms with van der Waals surface area (Å²) >= 11 is 0. The summed E-state index contributed by atoms with van der Waals surface area (Å²) in [4.78, 5) is 14.5. The van der Waals surface area contributed by atoms with Crippen molar-refractivity contribution in [2.24, 2.45) is 11.8 Å². The topological polar surface area (TPSA) is 72.3 Å². The fourth-order valence-corrected chi connectivity index (χ4v) is 3.51. The van der Waals surface area contributed by atoms with E-state index in [1.165, 1.54) is 25.7 Å². The average Bonchev–Trinajstić information content (AvgIpc) is 3.51. The highest BCUT2D eigenvalue weighted by atomic mass is 16.5. The number of carbonyl (C=O) groups is 1. The molecule has 4 rings (SSSR count). The third-order valence-corrected chi connectivity index (χ3v) is 5.18. The van der Waals surface area contributed by atoms with Crippen molar-refractivity contribution in [3.05, 3.63) is 12.2 Å². The van der Waals surface area contributed by atoms with Crippen LogP contribution in [0.4, 0.5) is 4.79 Å². The molecule has 7 nitrogen and oxygen atoms in total. The standard InChI is InChI=1S/C16H25N5O2/c1-2-20-10-17-19-15(20)13-9-21(7-8-23-13)16(22)18-14(11-3-4-11)12-5-6-12/h10-14H,2-9H2,1H3,(H,18,22)/t13-/m0/s1. The number of ether oxygens (including phenoxy) is 1. The van der Waals surface area contributed by atoms with Crippen molar-refractivity contribution >= 4 is 6.03 Å². The van der Waals surface area contributed by atoms with Gasteiger partial charge in [-0.3, -0.25) is 0 Å². The van der Waals surface area contributed by atoms with Crippen molar-refractivity contribution in [3.63, 3.8) is 0 Å². The Labute approximate surface area is 136 Å². The van der Waals surface area contributed by atoms with E-state index in [0.29, 0.717) is 37.6 Å². The smallest absolute Gasteiger partial charge is 0.317 e. The van der Waals surface area contributed by atoms with Crippen molar-refractivity contribution in [1.82, 2.24) is 25.0 Å². The van der Waals surface area contributed by atoms with Gasteiger partial charge in [0, 0.05) is 19.1 Å². The maximum Gasteiger partial charge on any atom is 0.317 e. The molecule has 0 aromatic carbocycles. The van der Waals surface area contributed by atoms with Gasteiger partial charge in [0.05, 0.1) is 13.2 Å². The molecule has 2 heterocycles. The predicted octanol–water partition coefficient (Wildman–Crippen LogP) is 1.57. The number of aryl methyl sites for hydroxylation is 1. The van der Waals surface area contributed by atoms with Crippen LogP contribution in [0.3, 0.4) is 0 Å². The Morgan fingerprint density at radius 3 is 2.78 bits per heavy atom. The summed E-state index contributed by atoms with van der Waals surface area (Å²) < 4.78 is 7.80. The van der Waals surface area contributed by atoms with Crippen LogP contribution in [0.5, 0.6) is 0 Å². The van der Waals surface area contributed by atoms with E-state index in [1.807, 2.05) is 9.47 Å². The summed E-state index contributed by atoms with van der Waals surface area (Å²) in [7, 11) is 0. The molecule has 0 bridgehead atoms.